The average Bonchev–Trinajstić information content (AvgIpc) is 3.13. The van der Waals surface area contributed by atoms with Gasteiger partial charge in [0, 0.05) is 62.4 Å². The number of nitrogens with zero attached hydrogens (tertiary/aromatic N) is 2. The van der Waals surface area contributed by atoms with E-state index in [2.05, 4.69) is 28.6 Å². The number of halogens is 1. The van der Waals surface area contributed by atoms with Gasteiger partial charge in [0.1, 0.15) is 16.7 Å². The number of amides is 4. The maximum absolute atomic E-state index is 12.6. The van der Waals surface area contributed by atoms with Gasteiger partial charge in [0.25, 0.3) is 5.91 Å². The smallest absolute Gasteiger partial charge is 0.306 e. The van der Waals surface area contributed by atoms with Gasteiger partial charge in [0.05, 0.1) is 11.6 Å². The number of phenolic OH excluding ortho intramolecular Hbond substituents is 1. The summed E-state index contributed by atoms with van der Waals surface area (Å²) in [6.45, 7) is 1.67. The van der Waals surface area contributed by atoms with Crippen molar-refractivity contribution in [3.05, 3.63) is 34.9 Å². The number of likely N-dealkylation sites (tertiary alicyclic amines) is 1. The van der Waals surface area contributed by atoms with Gasteiger partial charge in [0.2, 0.25) is 17.7 Å². The number of phenols is 1. The molecule has 0 bridgehead atoms. The summed E-state index contributed by atoms with van der Waals surface area (Å²) in [5, 5.41) is 28.7. The van der Waals surface area contributed by atoms with Crippen LogP contribution in [0.5, 0.6) is 5.75 Å². The molecule has 220 valence electrons. The van der Waals surface area contributed by atoms with E-state index in [1.54, 1.807) is 35.7 Å². The lowest BCUT2D eigenvalue weighted by Gasteiger charge is -2.22. The number of hydrogen-bond donors (Lipinski definition) is 6. The molecular formula is C25H34IN5O7S2. The van der Waals surface area contributed by atoms with Crippen LogP contribution in [0.3, 0.4) is 0 Å². The van der Waals surface area contributed by atoms with Gasteiger partial charge in [0.15, 0.2) is 0 Å². The topological polar surface area (TPSA) is 168 Å². The minimum Gasteiger partial charge on any atom is -0.506 e. The number of rotatable bonds is 15. The molecule has 2 unspecified atom stereocenters. The van der Waals surface area contributed by atoms with Crippen LogP contribution in [0.1, 0.15) is 38.2 Å². The van der Waals surface area contributed by atoms with E-state index in [-0.39, 0.29) is 67.6 Å². The molecule has 1 aromatic carbocycles. The molecule has 1 fully saturated rings. The first-order chi connectivity index (χ1) is 18.9. The predicted octanol–water partition coefficient (Wildman–Crippen LogP) is 2.30. The van der Waals surface area contributed by atoms with Crippen LogP contribution in [0, 0.1) is 5.92 Å². The molecule has 0 saturated carbocycles. The first-order valence-electron chi connectivity index (χ1n) is 12.4. The molecule has 0 aliphatic carbocycles. The fraction of sp³-hybridized carbons (Fsp3) is 0.480. The van der Waals surface area contributed by atoms with Crippen molar-refractivity contribution < 1.29 is 34.2 Å². The van der Waals surface area contributed by atoms with Crippen molar-refractivity contribution in [3.8, 4) is 5.75 Å². The molecule has 0 radical (unpaired) electrons. The van der Waals surface area contributed by atoms with Crippen LogP contribution < -0.4 is 16.0 Å². The highest BCUT2D eigenvalue weighted by Gasteiger charge is 2.39. The molecule has 0 aromatic heterocycles. The van der Waals surface area contributed by atoms with Gasteiger partial charge in [-0.2, -0.15) is 2.52 Å². The van der Waals surface area contributed by atoms with E-state index >= 15 is 0 Å². The van der Waals surface area contributed by atoms with Crippen molar-refractivity contribution in [3.63, 3.8) is 0 Å². The monoisotopic (exact) mass is 707 g/mol. The number of nitrogens with one attached hydrogen (secondary N) is 3. The van der Waals surface area contributed by atoms with E-state index in [1.165, 1.54) is 28.3 Å². The summed E-state index contributed by atoms with van der Waals surface area (Å²) in [4.78, 5) is 62.4. The van der Waals surface area contributed by atoms with Crippen LogP contribution in [-0.2, 0) is 30.4 Å². The molecule has 1 heterocycles. The number of benzene rings is 1. The predicted molar refractivity (Wildman–Crippen MR) is 164 cm³/mol. The number of hydrogen-bond acceptors (Lipinski definition) is 10. The highest BCUT2D eigenvalue weighted by Crippen LogP contribution is 2.29. The molecule has 1 aromatic rings. The summed E-state index contributed by atoms with van der Waals surface area (Å²) in [6, 6.07) is 4.02. The van der Waals surface area contributed by atoms with Crippen LogP contribution >= 0.6 is 47.4 Å². The van der Waals surface area contributed by atoms with Crippen molar-refractivity contribution in [2.45, 2.75) is 50.3 Å². The summed E-state index contributed by atoms with van der Waals surface area (Å²) < 4.78 is 1.74. The van der Waals surface area contributed by atoms with Crippen LogP contribution in [-0.4, -0.2) is 79.2 Å². The minimum absolute atomic E-state index is 0.0163. The Kier molecular flexibility index (Phi) is 13.5. The fourth-order valence-electron chi connectivity index (χ4n) is 4.07. The summed E-state index contributed by atoms with van der Waals surface area (Å²) in [6.07, 6.45) is 0.782. The Morgan fingerprint density at radius 1 is 1.32 bits per heavy atom. The highest BCUT2D eigenvalue weighted by atomic mass is 127. The first-order valence-corrected chi connectivity index (χ1v) is 14.8. The van der Waals surface area contributed by atoms with Gasteiger partial charge in [-0.1, -0.05) is 24.9 Å². The number of aliphatic carboxylic acids is 1. The zero-order chi connectivity index (χ0) is 30.0. The van der Waals surface area contributed by atoms with E-state index in [0.717, 1.165) is 0 Å². The molecule has 3 atom stereocenters. The summed E-state index contributed by atoms with van der Waals surface area (Å²) in [7, 11) is 3.35. The molecule has 1 aliphatic rings. The van der Waals surface area contributed by atoms with Crippen LogP contribution in [0.25, 0.3) is 0 Å². The minimum atomic E-state index is -1.000. The van der Waals surface area contributed by atoms with E-state index < -0.39 is 35.0 Å². The first kappa shape index (κ1) is 33.7. The maximum Gasteiger partial charge on any atom is 0.306 e. The number of imide groups is 1. The fourth-order valence-corrected chi connectivity index (χ4v) is 5.93. The number of carbonyl (C=O) groups excluding carboxylic acids is 4. The Labute approximate surface area is 256 Å². The van der Waals surface area contributed by atoms with E-state index in [4.69, 9.17) is 0 Å². The zero-order valence-electron chi connectivity index (χ0n) is 22.3. The van der Waals surface area contributed by atoms with Crippen LogP contribution in [0.2, 0.25) is 0 Å². The van der Waals surface area contributed by atoms with Crippen LogP contribution in [0.4, 0.5) is 5.69 Å². The van der Waals surface area contributed by atoms with Gasteiger partial charge in [-0.15, -0.1) is 12.6 Å². The second kappa shape index (κ2) is 16.1. The molecule has 1 saturated heterocycles. The number of carbonyl (C=O) groups is 5. The van der Waals surface area contributed by atoms with E-state index in [9.17, 15) is 34.2 Å². The quantitative estimate of drug-likeness (QED) is 0.0303. The van der Waals surface area contributed by atoms with Gasteiger partial charge < -0.3 is 26.2 Å². The normalized spacial score (nSPS) is 17.1. The van der Waals surface area contributed by atoms with Crippen LogP contribution in [0.15, 0.2) is 29.3 Å². The molecule has 40 heavy (non-hydrogen) atoms. The lowest BCUT2D eigenvalue weighted by Crippen LogP contribution is -2.41. The largest absolute Gasteiger partial charge is 0.506 e. The second-order valence-electron chi connectivity index (χ2n) is 9.25. The Balaban J connectivity index is 2.02. The number of likely N-dealkylation sites (N-methyl/N-ethyl adjacent to an activating group) is 1. The zero-order valence-corrected chi connectivity index (χ0v) is 26.2. The summed E-state index contributed by atoms with van der Waals surface area (Å²) >= 11 is 7.30. The molecule has 5 N–H and O–H groups in total. The maximum atomic E-state index is 12.6. The van der Waals surface area contributed by atoms with Gasteiger partial charge in [-0.25, -0.2) is 0 Å². The number of carboxylic acids is 1. The third-order valence-electron chi connectivity index (χ3n) is 6.12. The van der Waals surface area contributed by atoms with Gasteiger partial charge in [-0.3, -0.25) is 28.9 Å². The molecule has 1 aliphatic heterocycles. The van der Waals surface area contributed by atoms with E-state index in [0.29, 0.717) is 5.56 Å². The highest BCUT2D eigenvalue weighted by molar-refractivity contribution is 14.1. The molecule has 12 nitrogen and oxygen atoms in total. The second-order valence-corrected chi connectivity index (χ2v) is 12.9. The summed E-state index contributed by atoms with van der Waals surface area (Å²) in [5.41, 5.74) is 1.01. The summed E-state index contributed by atoms with van der Waals surface area (Å²) in [5.74, 6) is -3.29. The van der Waals surface area contributed by atoms with Crippen molar-refractivity contribution in [2.24, 2.45) is 5.92 Å². The SMILES string of the molecule is CN/C(=C\S)C(=O)N[C@@H](Cc1ccc(O)c(NC(=O)CCCN2C(=O)CC(SN(C)I)C2=O)c1)CC(C)C(=O)O. The van der Waals surface area contributed by atoms with Crippen molar-refractivity contribution >= 4 is 82.7 Å². The average molecular weight is 708 g/mol. The Bertz CT molecular complexity index is 1150. The number of aromatic hydroxyl groups is 1. The number of anilines is 1. The third kappa shape index (κ3) is 10.2. The molecule has 4 amide bonds. The standard InChI is InChI=1S/C25H34IN5O7S2/c1-14(25(37)38)9-16(28-23(35)18(13-39)27-2)10-15-6-7-19(32)17(11-15)29-21(33)5-4-8-31-22(34)12-20(24(31)36)40-30(3)26/h6-7,11,13-14,16,20,27,32,39H,4-5,8-10,12H2,1-3H3,(H,28,35)(H,29,33)(H,37,38)/b18-13-/t14?,16-,20?/m1/s1. The lowest BCUT2D eigenvalue weighted by atomic mass is 9.95. The van der Waals surface area contributed by atoms with Crippen molar-refractivity contribution in [1.82, 2.24) is 18.1 Å². The Hall–Kier alpha value is -2.50. The van der Waals surface area contributed by atoms with Crippen molar-refractivity contribution in [2.75, 3.05) is 26.0 Å². The third-order valence-corrected chi connectivity index (χ3v) is 7.97. The number of carboxylic acid groups (broad SMARTS) is 1. The Morgan fingerprint density at radius 3 is 2.62 bits per heavy atom. The molecular weight excluding hydrogens is 673 g/mol. The molecule has 0 spiro atoms. The van der Waals surface area contributed by atoms with Gasteiger partial charge in [-0.05, 0) is 42.4 Å². The van der Waals surface area contributed by atoms with E-state index in [1.807, 2.05) is 22.9 Å². The Morgan fingerprint density at radius 2 is 2.02 bits per heavy atom. The molecule has 2 rings (SSSR count). The van der Waals surface area contributed by atoms with Gasteiger partial charge >= 0.3 is 5.97 Å². The lowest BCUT2D eigenvalue weighted by molar-refractivity contribution is -0.142. The molecule has 15 heteroatoms. The van der Waals surface area contributed by atoms with Crippen molar-refractivity contribution in [1.29, 1.82) is 0 Å². The number of thiol groups is 1.